The summed E-state index contributed by atoms with van der Waals surface area (Å²) in [5.41, 5.74) is 0. The zero-order chi connectivity index (χ0) is 15.8. The topological polar surface area (TPSA) is 105 Å². The maximum atomic E-state index is 11.7. The number of urea groups is 1. The number of nitrogens with one attached hydrogen (secondary N) is 2. The zero-order valence-electron chi connectivity index (χ0n) is 12.6. The van der Waals surface area contributed by atoms with Crippen LogP contribution in [0.2, 0.25) is 0 Å². The molecule has 120 valence electrons. The molecule has 0 bridgehead atoms. The molecule has 0 aromatic rings. The van der Waals surface area contributed by atoms with Gasteiger partial charge in [0.1, 0.15) is 6.04 Å². The van der Waals surface area contributed by atoms with E-state index in [0.717, 1.165) is 12.8 Å². The van der Waals surface area contributed by atoms with Crippen LogP contribution >= 0.6 is 0 Å². The Labute approximate surface area is 124 Å². The minimum Gasteiger partial charge on any atom is -0.480 e. The number of carbonyl (C=O) groups excluding carboxylic acids is 2. The molecule has 2 unspecified atom stereocenters. The fourth-order valence-corrected chi connectivity index (χ4v) is 2.58. The van der Waals surface area contributed by atoms with Gasteiger partial charge < -0.3 is 20.5 Å². The van der Waals surface area contributed by atoms with Gasteiger partial charge in [-0.15, -0.1) is 0 Å². The molecule has 0 heterocycles. The van der Waals surface area contributed by atoms with Crippen LogP contribution in [0.25, 0.3) is 0 Å². The maximum absolute atomic E-state index is 11.7. The van der Waals surface area contributed by atoms with E-state index in [0.29, 0.717) is 18.4 Å². The van der Waals surface area contributed by atoms with Gasteiger partial charge in [-0.1, -0.05) is 13.3 Å². The van der Waals surface area contributed by atoms with E-state index >= 15 is 0 Å². The van der Waals surface area contributed by atoms with E-state index in [1.54, 1.807) is 0 Å². The van der Waals surface area contributed by atoms with E-state index in [-0.39, 0.29) is 12.8 Å². The standard InChI is InChI=1S/C14H24N2O5/c1-9-3-4-10(7-9)8-15-14(20)16-11(13(18)19)5-6-12(17)21-2/h9-11H,3-8H2,1-2H3,(H,18,19)(H2,15,16,20)/t9?,10?,11-/m1/s1. The molecule has 1 aliphatic rings. The third kappa shape index (κ3) is 6.46. The lowest BCUT2D eigenvalue weighted by molar-refractivity contribution is -0.142. The van der Waals surface area contributed by atoms with Crippen molar-refractivity contribution < 1.29 is 24.2 Å². The van der Waals surface area contributed by atoms with Crippen molar-refractivity contribution in [1.82, 2.24) is 10.6 Å². The fourth-order valence-electron chi connectivity index (χ4n) is 2.58. The minimum absolute atomic E-state index is 0.00981. The first-order chi connectivity index (χ1) is 9.92. The van der Waals surface area contributed by atoms with Crippen LogP contribution in [0.1, 0.15) is 39.0 Å². The van der Waals surface area contributed by atoms with Crippen molar-refractivity contribution in [1.29, 1.82) is 0 Å². The molecular formula is C14H24N2O5. The van der Waals surface area contributed by atoms with Crippen molar-refractivity contribution in [3.05, 3.63) is 0 Å². The van der Waals surface area contributed by atoms with E-state index in [4.69, 9.17) is 5.11 Å². The molecule has 1 aliphatic carbocycles. The number of rotatable bonds is 7. The van der Waals surface area contributed by atoms with Gasteiger partial charge in [0.25, 0.3) is 0 Å². The van der Waals surface area contributed by atoms with Crippen LogP contribution in [0.4, 0.5) is 4.79 Å². The van der Waals surface area contributed by atoms with Crippen LogP contribution < -0.4 is 10.6 Å². The Bertz CT molecular complexity index is 386. The first-order valence-electron chi connectivity index (χ1n) is 7.26. The quantitative estimate of drug-likeness (QED) is 0.611. The minimum atomic E-state index is -1.16. The van der Waals surface area contributed by atoms with E-state index in [9.17, 15) is 14.4 Å². The second kappa shape index (κ2) is 8.49. The lowest BCUT2D eigenvalue weighted by Crippen LogP contribution is -2.47. The Balaban J connectivity index is 2.31. The van der Waals surface area contributed by atoms with Gasteiger partial charge in [0.15, 0.2) is 0 Å². The summed E-state index contributed by atoms with van der Waals surface area (Å²) in [4.78, 5) is 33.8. The number of carbonyl (C=O) groups is 3. The highest BCUT2D eigenvalue weighted by Crippen LogP contribution is 2.29. The summed E-state index contributed by atoms with van der Waals surface area (Å²) >= 11 is 0. The molecular weight excluding hydrogens is 276 g/mol. The van der Waals surface area contributed by atoms with Gasteiger partial charge in [0, 0.05) is 13.0 Å². The molecule has 3 N–H and O–H groups in total. The van der Waals surface area contributed by atoms with Crippen LogP contribution in [-0.4, -0.2) is 42.8 Å². The first kappa shape index (κ1) is 17.3. The summed E-state index contributed by atoms with van der Waals surface area (Å²) < 4.78 is 4.45. The van der Waals surface area contributed by atoms with Crippen LogP contribution in [0.3, 0.4) is 0 Å². The van der Waals surface area contributed by atoms with Crippen molar-refractivity contribution in [3.63, 3.8) is 0 Å². The number of amides is 2. The average Bonchev–Trinajstić information content (AvgIpc) is 2.86. The highest BCUT2D eigenvalue weighted by Gasteiger charge is 2.24. The molecule has 7 nitrogen and oxygen atoms in total. The first-order valence-corrected chi connectivity index (χ1v) is 7.26. The van der Waals surface area contributed by atoms with Crippen molar-refractivity contribution in [3.8, 4) is 0 Å². The molecule has 1 rings (SSSR count). The second-order valence-electron chi connectivity index (χ2n) is 5.64. The molecule has 1 fully saturated rings. The number of carboxylic acids is 1. The highest BCUT2D eigenvalue weighted by molar-refractivity contribution is 5.83. The lowest BCUT2D eigenvalue weighted by Gasteiger charge is -2.16. The van der Waals surface area contributed by atoms with Crippen molar-refractivity contribution in [2.24, 2.45) is 11.8 Å². The van der Waals surface area contributed by atoms with E-state index < -0.39 is 24.0 Å². The molecule has 3 atom stereocenters. The van der Waals surface area contributed by atoms with E-state index in [1.807, 2.05) is 0 Å². The Morgan fingerprint density at radius 3 is 2.57 bits per heavy atom. The number of hydrogen-bond donors (Lipinski definition) is 3. The van der Waals surface area contributed by atoms with Crippen LogP contribution in [0.5, 0.6) is 0 Å². The molecule has 0 saturated heterocycles. The van der Waals surface area contributed by atoms with Gasteiger partial charge in [-0.3, -0.25) is 4.79 Å². The summed E-state index contributed by atoms with van der Waals surface area (Å²) in [5.74, 6) is -0.511. The van der Waals surface area contributed by atoms with Gasteiger partial charge in [0.2, 0.25) is 0 Å². The van der Waals surface area contributed by atoms with Gasteiger partial charge >= 0.3 is 18.0 Å². The summed E-state index contributed by atoms with van der Waals surface area (Å²) in [6.07, 6.45) is 3.31. The van der Waals surface area contributed by atoms with Gasteiger partial charge in [0.05, 0.1) is 7.11 Å². The number of methoxy groups -OCH3 is 1. The normalized spacial score (nSPS) is 22.4. The fraction of sp³-hybridized carbons (Fsp3) is 0.786. The van der Waals surface area contributed by atoms with Crippen LogP contribution in [-0.2, 0) is 14.3 Å². The van der Waals surface area contributed by atoms with E-state index in [2.05, 4.69) is 22.3 Å². The summed E-state index contributed by atoms with van der Waals surface area (Å²) in [6, 6.07) is -1.60. The predicted octanol–water partition coefficient (Wildman–Crippen LogP) is 1.13. The summed E-state index contributed by atoms with van der Waals surface area (Å²) in [6.45, 7) is 2.74. The average molecular weight is 300 g/mol. The van der Waals surface area contributed by atoms with Crippen LogP contribution in [0, 0.1) is 11.8 Å². The third-order valence-electron chi connectivity index (χ3n) is 3.82. The molecule has 2 amide bonds. The number of esters is 1. The van der Waals surface area contributed by atoms with E-state index in [1.165, 1.54) is 13.5 Å². The third-order valence-corrected chi connectivity index (χ3v) is 3.82. The Morgan fingerprint density at radius 2 is 2.05 bits per heavy atom. The Morgan fingerprint density at radius 1 is 1.33 bits per heavy atom. The number of ether oxygens (including phenoxy) is 1. The number of aliphatic carboxylic acids is 1. The Kier molecular flexibility index (Phi) is 6.98. The molecule has 0 aromatic carbocycles. The predicted molar refractivity (Wildman–Crippen MR) is 75.7 cm³/mol. The second-order valence-corrected chi connectivity index (χ2v) is 5.64. The molecule has 0 radical (unpaired) electrons. The molecule has 0 aliphatic heterocycles. The maximum Gasteiger partial charge on any atom is 0.326 e. The van der Waals surface area contributed by atoms with Gasteiger partial charge in [-0.25, -0.2) is 9.59 Å². The van der Waals surface area contributed by atoms with Gasteiger partial charge in [-0.05, 0) is 31.1 Å². The molecule has 21 heavy (non-hydrogen) atoms. The highest BCUT2D eigenvalue weighted by atomic mass is 16.5. The number of carboxylic acid groups (broad SMARTS) is 1. The SMILES string of the molecule is COC(=O)CC[C@@H](NC(=O)NCC1CCC(C)C1)C(=O)O. The summed E-state index contributed by atoms with van der Waals surface area (Å²) in [5, 5.41) is 14.1. The van der Waals surface area contributed by atoms with Gasteiger partial charge in [-0.2, -0.15) is 0 Å². The largest absolute Gasteiger partial charge is 0.480 e. The molecule has 0 aromatic heterocycles. The Hall–Kier alpha value is -1.79. The lowest BCUT2D eigenvalue weighted by atomic mass is 10.1. The molecule has 0 spiro atoms. The molecule has 7 heteroatoms. The van der Waals surface area contributed by atoms with Crippen LogP contribution in [0.15, 0.2) is 0 Å². The zero-order valence-corrected chi connectivity index (χ0v) is 12.6. The van der Waals surface area contributed by atoms with Crippen molar-refractivity contribution in [2.75, 3.05) is 13.7 Å². The molecule has 1 saturated carbocycles. The number of hydrogen-bond acceptors (Lipinski definition) is 4. The van der Waals surface area contributed by atoms with Crippen molar-refractivity contribution >= 4 is 18.0 Å². The van der Waals surface area contributed by atoms with Crippen molar-refractivity contribution in [2.45, 2.75) is 45.1 Å². The summed E-state index contributed by atoms with van der Waals surface area (Å²) in [7, 11) is 1.24. The smallest absolute Gasteiger partial charge is 0.326 e. The monoisotopic (exact) mass is 300 g/mol.